The van der Waals surface area contributed by atoms with E-state index >= 15 is 0 Å². The number of benzene rings is 2. The highest BCUT2D eigenvalue weighted by atomic mass is 16.5. The van der Waals surface area contributed by atoms with Crippen LogP contribution in [0.1, 0.15) is 46.8 Å². The summed E-state index contributed by atoms with van der Waals surface area (Å²) in [5, 5.41) is 9.09. The molecule has 1 aliphatic rings. The van der Waals surface area contributed by atoms with Gasteiger partial charge in [-0.15, -0.1) is 0 Å². The van der Waals surface area contributed by atoms with Crippen molar-refractivity contribution in [3.8, 4) is 17.1 Å². The number of aliphatic carboxylic acids is 1. The molecule has 0 spiro atoms. The van der Waals surface area contributed by atoms with Gasteiger partial charge in [-0.1, -0.05) is 43.0 Å². The molecule has 0 bridgehead atoms. The highest BCUT2D eigenvalue weighted by Crippen LogP contribution is 2.37. The number of aryl methyl sites for hydroxylation is 2. The van der Waals surface area contributed by atoms with Gasteiger partial charge < -0.3 is 14.4 Å². The molecule has 3 aromatic rings. The molecular formula is C26H28N2O3. The van der Waals surface area contributed by atoms with E-state index in [2.05, 4.69) is 29.3 Å². The number of imidazole rings is 1. The molecule has 0 saturated heterocycles. The Morgan fingerprint density at radius 1 is 1.29 bits per heavy atom. The summed E-state index contributed by atoms with van der Waals surface area (Å²) in [6.45, 7) is 6.40. The van der Waals surface area contributed by atoms with E-state index in [4.69, 9.17) is 14.8 Å². The molecule has 4 rings (SSSR count). The van der Waals surface area contributed by atoms with Crippen LogP contribution >= 0.6 is 0 Å². The van der Waals surface area contributed by atoms with Crippen LogP contribution in [0.2, 0.25) is 0 Å². The number of hydrogen-bond acceptors (Lipinski definition) is 3. The molecule has 0 aliphatic heterocycles. The normalized spacial score (nSPS) is 15.0. The topological polar surface area (TPSA) is 64.3 Å². The van der Waals surface area contributed by atoms with E-state index in [1.165, 1.54) is 5.56 Å². The average molecular weight is 417 g/mol. The molecule has 1 aliphatic carbocycles. The Labute approximate surface area is 183 Å². The van der Waals surface area contributed by atoms with E-state index in [-0.39, 0.29) is 12.3 Å². The lowest BCUT2D eigenvalue weighted by Gasteiger charge is -2.12. The maximum atomic E-state index is 11.0. The molecule has 0 amide bonds. The molecule has 31 heavy (non-hydrogen) atoms. The first kappa shape index (κ1) is 20.9. The van der Waals surface area contributed by atoms with Crippen molar-refractivity contribution in [2.75, 3.05) is 6.61 Å². The quantitative estimate of drug-likeness (QED) is 0.551. The van der Waals surface area contributed by atoms with Gasteiger partial charge in [-0.25, -0.2) is 4.98 Å². The van der Waals surface area contributed by atoms with Crippen molar-refractivity contribution in [3.05, 3.63) is 77.1 Å². The molecule has 1 atom stereocenters. The summed E-state index contributed by atoms with van der Waals surface area (Å²) in [7, 11) is 2.05. The Bertz CT molecular complexity index is 1110. The van der Waals surface area contributed by atoms with Gasteiger partial charge in [0.1, 0.15) is 11.6 Å². The summed E-state index contributed by atoms with van der Waals surface area (Å²) in [5.41, 5.74) is 6.71. The lowest BCUT2D eigenvalue weighted by molar-refractivity contribution is -0.137. The van der Waals surface area contributed by atoms with Crippen LogP contribution in [0.3, 0.4) is 0 Å². The van der Waals surface area contributed by atoms with Crippen molar-refractivity contribution in [1.82, 2.24) is 9.55 Å². The van der Waals surface area contributed by atoms with E-state index in [1.807, 2.05) is 44.3 Å². The minimum Gasteiger partial charge on any atom is -0.493 e. The Balaban J connectivity index is 1.42. The van der Waals surface area contributed by atoms with Crippen LogP contribution in [0.25, 0.3) is 17.5 Å². The van der Waals surface area contributed by atoms with E-state index in [9.17, 15) is 4.79 Å². The number of nitrogens with zero attached hydrogens (tertiary/aromatic N) is 2. The molecule has 0 radical (unpaired) electrons. The molecule has 0 unspecified atom stereocenters. The number of carboxylic acid groups (broad SMARTS) is 1. The van der Waals surface area contributed by atoms with E-state index < -0.39 is 5.97 Å². The van der Waals surface area contributed by atoms with Gasteiger partial charge in [-0.05, 0) is 54.5 Å². The lowest BCUT2D eigenvalue weighted by Crippen LogP contribution is -2.07. The molecule has 2 aromatic carbocycles. The van der Waals surface area contributed by atoms with Crippen molar-refractivity contribution in [2.24, 2.45) is 7.05 Å². The zero-order chi connectivity index (χ0) is 22.0. The van der Waals surface area contributed by atoms with E-state index in [0.717, 1.165) is 58.9 Å². The molecule has 1 aromatic heterocycles. The standard InChI is InChI=1S/C26H28N2O3/c1-4-18-5-7-19(8-6-18)26-27-17(2)24(28(26)3)13-14-31-22-11-12-23-20(15-22)9-10-21(23)16-25(29)30/h4-8,11-12,15,21H,1,9-10,13-14,16H2,2-3H3,(H,29,30)/t21-/m0/s1. The molecule has 1 N–H and O–H groups in total. The van der Waals surface area contributed by atoms with Crippen molar-refractivity contribution >= 4 is 12.0 Å². The zero-order valence-corrected chi connectivity index (χ0v) is 18.1. The maximum Gasteiger partial charge on any atom is 0.303 e. The summed E-state index contributed by atoms with van der Waals surface area (Å²) < 4.78 is 8.18. The highest BCUT2D eigenvalue weighted by Gasteiger charge is 2.25. The van der Waals surface area contributed by atoms with Crippen LogP contribution in [0.4, 0.5) is 0 Å². The van der Waals surface area contributed by atoms with Crippen LogP contribution in [0.15, 0.2) is 49.0 Å². The molecule has 5 nitrogen and oxygen atoms in total. The van der Waals surface area contributed by atoms with Gasteiger partial charge >= 0.3 is 5.97 Å². The van der Waals surface area contributed by atoms with Crippen molar-refractivity contribution < 1.29 is 14.6 Å². The molecular weight excluding hydrogens is 388 g/mol. The fourth-order valence-corrected chi connectivity index (χ4v) is 4.50. The second kappa shape index (κ2) is 8.80. The minimum absolute atomic E-state index is 0.123. The van der Waals surface area contributed by atoms with E-state index in [0.29, 0.717) is 6.61 Å². The van der Waals surface area contributed by atoms with Crippen molar-refractivity contribution in [1.29, 1.82) is 0 Å². The van der Waals surface area contributed by atoms with Crippen LogP contribution in [-0.2, 0) is 24.7 Å². The van der Waals surface area contributed by atoms with Crippen molar-refractivity contribution in [3.63, 3.8) is 0 Å². The summed E-state index contributed by atoms with van der Waals surface area (Å²) >= 11 is 0. The summed E-state index contributed by atoms with van der Waals surface area (Å²) in [4.78, 5) is 15.8. The molecule has 1 heterocycles. The summed E-state index contributed by atoms with van der Waals surface area (Å²) in [5.74, 6) is 1.18. The lowest BCUT2D eigenvalue weighted by atomic mass is 9.98. The maximum absolute atomic E-state index is 11.0. The Hall–Kier alpha value is -3.34. The predicted molar refractivity (Wildman–Crippen MR) is 122 cm³/mol. The first-order chi connectivity index (χ1) is 15.0. The molecule has 5 heteroatoms. The van der Waals surface area contributed by atoms with Crippen LogP contribution < -0.4 is 4.74 Å². The van der Waals surface area contributed by atoms with Crippen molar-refractivity contribution in [2.45, 2.75) is 38.5 Å². The van der Waals surface area contributed by atoms with Gasteiger partial charge in [0.25, 0.3) is 0 Å². The fourth-order valence-electron chi connectivity index (χ4n) is 4.50. The highest BCUT2D eigenvalue weighted by molar-refractivity contribution is 5.68. The zero-order valence-electron chi connectivity index (χ0n) is 18.1. The smallest absolute Gasteiger partial charge is 0.303 e. The van der Waals surface area contributed by atoms with Gasteiger partial charge in [-0.2, -0.15) is 0 Å². The number of ether oxygens (including phenoxy) is 1. The minimum atomic E-state index is -0.735. The Morgan fingerprint density at radius 2 is 2.06 bits per heavy atom. The molecule has 0 fully saturated rings. The van der Waals surface area contributed by atoms with Crippen LogP contribution in [0.5, 0.6) is 5.75 Å². The molecule has 160 valence electrons. The second-order valence-electron chi connectivity index (χ2n) is 8.15. The Morgan fingerprint density at radius 3 is 2.77 bits per heavy atom. The van der Waals surface area contributed by atoms with Gasteiger partial charge in [0.2, 0.25) is 0 Å². The number of aromatic nitrogens is 2. The number of fused-ring (bicyclic) bond motifs is 1. The first-order valence-electron chi connectivity index (χ1n) is 10.7. The largest absolute Gasteiger partial charge is 0.493 e. The molecule has 0 saturated carbocycles. The predicted octanol–water partition coefficient (Wildman–Crippen LogP) is 5.16. The van der Waals surface area contributed by atoms with Gasteiger partial charge in [0.05, 0.1) is 18.7 Å². The van der Waals surface area contributed by atoms with E-state index in [1.54, 1.807) is 0 Å². The number of rotatable bonds is 8. The van der Waals surface area contributed by atoms with Crippen LogP contribution in [-0.4, -0.2) is 27.2 Å². The number of hydrogen-bond donors (Lipinski definition) is 1. The van der Waals surface area contributed by atoms with Crippen LogP contribution in [0, 0.1) is 6.92 Å². The SMILES string of the molecule is C=Cc1ccc(-c2nc(C)c(CCOc3ccc4c(c3)CC[C@H]4CC(=O)O)n2C)cc1. The second-order valence-corrected chi connectivity index (χ2v) is 8.15. The Kier molecular flexibility index (Phi) is 5.94. The first-order valence-corrected chi connectivity index (χ1v) is 10.7. The monoisotopic (exact) mass is 416 g/mol. The third kappa shape index (κ3) is 4.41. The number of carbonyl (C=O) groups is 1. The fraction of sp³-hybridized carbons (Fsp3) is 0.308. The average Bonchev–Trinajstić information content (AvgIpc) is 3.28. The number of carboxylic acids is 1. The van der Waals surface area contributed by atoms with Gasteiger partial charge in [0, 0.05) is 24.7 Å². The third-order valence-electron chi connectivity index (χ3n) is 6.16. The summed E-state index contributed by atoms with van der Waals surface area (Å²) in [6, 6.07) is 14.3. The van der Waals surface area contributed by atoms with Gasteiger partial charge in [0.15, 0.2) is 0 Å². The third-order valence-corrected chi connectivity index (χ3v) is 6.16. The summed E-state index contributed by atoms with van der Waals surface area (Å²) in [6.07, 6.45) is 4.61. The van der Waals surface area contributed by atoms with Gasteiger partial charge in [-0.3, -0.25) is 4.79 Å².